The first-order chi connectivity index (χ1) is 9.24. The van der Waals surface area contributed by atoms with Gasteiger partial charge in [-0.2, -0.15) is 0 Å². The zero-order valence-corrected chi connectivity index (χ0v) is 12.1. The van der Waals surface area contributed by atoms with Crippen LogP contribution in [-0.2, 0) is 6.42 Å². The van der Waals surface area contributed by atoms with Gasteiger partial charge in [-0.25, -0.2) is 15.8 Å². The number of anilines is 1. The lowest BCUT2D eigenvalue weighted by Gasteiger charge is -2.11. The van der Waals surface area contributed by atoms with E-state index >= 15 is 0 Å². The van der Waals surface area contributed by atoms with Crippen LogP contribution in [0.1, 0.15) is 18.9 Å². The van der Waals surface area contributed by atoms with Gasteiger partial charge in [-0.1, -0.05) is 42.8 Å². The maximum Gasteiger partial charge on any atom is 0.147 e. The minimum absolute atomic E-state index is 0.682. The first kappa shape index (κ1) is 14.1. The third kappa shape index (κ3) is 3.59. The minimum Gasteiger partial charge on any atom is -0.308 e. The molecule has 6 heteroatoms. The van der Waals surface area contributed by atoms with Crippen LogP contribution in [0.2, 0.25) is 5.02 Å². The highest BCUT2D eigenvalue weighted by Crippen LogP contribution is 2.32. The Bertz CT molecular complexity index is 562. The van der Waals surface area contributed by atoms with Gasteiger partial charge in [0.25, 0.3) is 0 Å². The number of nitrogens with one attached hydrogen (secondary N) is 1. The molecule has 0 aliphatic rings. The van der Waals surface area contributed by atoms with E-state index in [4.69, 9.17) is 17.4 Å². The molecule has 0 saturated carbocycles. The summed E-state index contributed by atoms with van der Waals surface area (Å²) in [5, 5.41) is 1.63. The lowest BCUT2D eigenvalue weighted by molar-refractivity contribution is 0.856. The summed E-state index contributed by atoms with van der Waals surface area (Å²) in [6.07, 6.45) is 3.40. The Labute approximate surface area is 121 Å². The summed E-state index contributed by atoms with van der Waals surface area (Å²) in [4.78, 5) is 9.54. The second-order valence-corrected chi connectivity index (χ2v) is 5.46. The molecule has 0 aliphatic carbocycles. The van der Waals surface area contributed by atoms with Gasteiger partial charge in [0.15, 0.2) is 0 Å². The maximum atomic E-state index is 5.99. The maximum absolute atomic E-state index is 5.99. The van der Waals surface area contributed by atoms with Crippen molar-refractivity contribution in [2.75, 3.05) is 5.43 Å². The molecule has 1 heterocycles. The van der Waals surface area contributed by atoms with Crippen LogP contribution in [0.15, 0.2) is 40.5 Å². The third-order valence-electron chi connectivity index (χ3n) is 2.55. The van der Waals surface area contributed by atoms with Crippen LogP contribution in [0.3, 0.4) is 0 Å². The van der Waals surface area contributed by atoms with E-state index in [-0.39, 0.29) is 0 Å². The van der Waals surface area contributed by atoms with Crippen LogP contribution in [0.5, 0.6) is 0 Å². The number of hydrazine groups is 1. The molecule has 0 spiro atoms. The van der Waals surface area contributed by atoms with Crippen LogP contribution in [0.25, 0.3) is 0 Å². The van der Waals surface area contributed by atoms with E-state index in [1.807, 2.05) is 24.3 Å². The second-order valence-electron chi connectivity index (χ2n) is 3.96. The van der Waals surface area contributed by atoms with Gasteiger partial charge < -0.3 is 5.43 Å². The topological polar surface area (TPSA) is 63.8 Å². The molecule has 0 aliphatic heterocycles. The molecule has 0 bridgehead atoms. The van der Waals surface area contributed by atoms with Crippen LogP contribution < -0.4 is 11.3 Å². The lowest BCUT2D eigenvalue weighted by Crippen LogP contribution is -2.12. The van der Waals surface area contributed by atoms with Crippen LogP contribution in [-0.4, -0.2) is 9.97 Å². The van der Waals surface area contributed by atoms with Crippen molar-refractivity contribution < 1.29 is 0 Å². The standard InChI is InChI=1S/C13H15ClN4S/c1-2-4-11-12(18-15)16-8-17-13(11)19-10-6-3-5-9(14)7-10/h3,5-8H,2,4,15H2,1H3,(H,16,17,18). The normalized spacial score (nSPS) is 10.5. The van der Waals surface area contributed by atoms with E-state index < -0.39 is 0 Å². The smallest absolute Gasteiger partial charge is 0.147 e. The van der Waals surface area contributed by atoms with E-state index in [0.29, 0.717) is 10.8 Å². The summed E-state index contributed by atoms with van der Waals surface area (Å²) < 4.78 is 0. The summed E-state index contributed by atoms with van der Waals surface area (Å²) in [5.41, 5.74) is 3.67. The van der Waals surface area contributed by atoms with Gasteiger partial charge >= 0.3 is 0 Å². The van der Waals surface area contributed by atoms with E-state index in [1.54, 1.807) is 11.8 Å². The molecule has 0 amide bonds. The highest BCUT2D eigenvalue weighted by Gasteiger charge is 2.11. The third-order valence-corrected chi connectivity index (χ3v) is 3.82. The summed E-state index contributed by atoms with van der Waals surface area (Å²) >= 11 is 7.56. The van der Waals surface area contributed by atoms with Crippen molar-refractivity contribution in [3.63, 3.8) is 0 Å². The van der Waals surface area contributed by atoms with Crippen molar-refractivity contribution in [1.29, 1.82) is 0 Å². The number of hydrogen-bond donors (Lipinski definition) is 2. The molecule has 0 unspecified atom stereocenters. The van der Waals surface area contributed by atoms with Crippen molar-refractivity contribution in [3.8, 4) is 0 Å². The van der Waals surface area contributed by atoms with Crippen molar-refractivity contribution in [1.82, 2.24) is 9.97 Å². The Hall–Kier alpha value is -1.30. The summed E-state index contributed by atoms with van der Waals surface area (Å²) in [6, 6.07) is 7.70. The molecule has 19 heavy (non-hydrogen) atoms. The summed E-state index contributed by atoms with van der Waals surface area (Å²) in [5.74, 6) is 6.18. The average molecular weight is 295 g/mol. The number of rotatable bonds is 5. The predicted molar refractivity (Wildman–Crippen MR) is 79.4 cm³/mol. The van der Waals surface area contributed by atoms with Crippen LogP contribution >= 0.6 is 23.4 Å². The zero-order valence-electron chi connectivity index (χ0n) is 10.6. The number of benzene rings is 1. The van der Waals surface area contributed by atoms with Gasteiger partial charge in [-0.15, -0.1) is 0 Å². The molecule has 0 radical (unpaired) electrons. The fourth-order valence-electron chi connectivity index (χ4n) is 1.73. The number of nitrogen functional groups attached to an aromatic ring is 1. The van der Waals surface area contributed by atoms with E-state index in [1.165, 1.54) is 6.33 Å². The molecule has 1 aromatic heterocycles. The van der Waals surface area contributed by atoms with E-state index in [2.05, 4.69) is 22.3 Å². The molecule has 3 N–H and O–H groups in total. The molecule has 100 valence electrons. The van der Waals surface area contributed by atoms with Crippen molar-refractivity contribution >= 4 is 29.2 Å². The minimum atomic E-state index is 0.682. The van der Waals surface area contributed by atoms with Crippen molar-refractivity contribution in [3.05, 3.63) is 41.2 Å². The average Bonchev–Trinajstić information content (AvgIpc) is 2.41. The predicted octanol–water partition coefficient (Wildman–Crippen LogP) is 3.52. The first-order valence-corrected chi connectivity index (χ1v) is 7.18. The van der Waals surface area contributed by atoms with Gasteiger partial charge in [0.2, 0.25) is 0 Å². The Kier molecular flexibility index (Phi) is 5.01. The number of aromatic nitrogens is 2. The number of nitrogens with zero attached hydrogens (tertiary/aromatic N) is 2. The Morgan fingerprint density at radius 2 is 2.21 bits per heavy atom. The molecular formula is C13H15ClN4S. The molecule has 0 atom stereocenters. The van der Waals surface area contributed by atoms with Crippen molar-refractivity contribution in [2.24, 2.45) is 5.84 Å². The second kappa shape index (κ2) is 6.75. The molecule has 2 aromatic rings. The highest BCUT2D eigenvalue weighted by molar-refractivity contribution is 7.99. The van der Waals surface area contributed by atoms with Gasteiger partial charge in [0, 0.05) is 15.5 Å². The highest BCUT2D eigenvalue weighted by atomic mass is 35.5. The summed E-state index contributed by atoms with van der Waals surface area (Å²) in [7, 11) is 0. The monoisotopic (exact) mass is 294 g/mol. The molecule has 0 fully saturated rings. The van der Waals surface area contributed by atoms with Crippen LogP contribution in [0.4, 0.5) is 5.82 Å². The molecule has 0 saturated heterocycles. The largest absolute Gasteiger partial charge is 0.308 e. The van der Waals surface area contributed by atoms with Gasteiger partial charge in [-0.05, 0) is 24.6 Å². The van der Waals surface area contributed by atoms with Gasteiger partial charge in [0.1, 0.15) is 17.2 Å². The number of halogens is 1. The van der Waals surface area contributed by atoms with Gasteiger partial charge in [0.05, 0.1) is 0 Å². The molecule has 1 aromatic carbocycles. The van der Waals surface area contributed by atoms with Crippen molar-refractivity contribution in [2.45, 2.75) is 29.7 Å². The fraction of sp³-hybridized carbons (Fsp3) is 0.231. The number of nitrogens with two attached hydrogens (primary N) is 1. The summed E-state index contributed by atoms with van der Waals surface area (Å²) in [6.45, 7) is 2.11. The quantitative estimate of drug-likeness (QED) is 0.502. The fourth-order valence-corrected chi connectivity index (χ4v) is 2.96. The Morgan fingerprint density at radius 1 is 1.37 bits per heavy atom. The zero-order chi connectivity index (χ0) is 13.7. The first-order valence-electron chi connectivity index (χ1n) is 5.98. The molecular weight excluding hydrogens is 280 g/mol. The Balaban J connectivity index is 2.33. The number of hydrogen-bond acceptors (Lipinski definition) is 5. The van der Waals surface area contributed by atoms with E-state index in [9.17, 15) is 0 Å². The van der Waals surface area contributed by atoms with E-state index in [0.717, 1.165) is 28.3 Å². The SMILES string of the molecule is CCCc1c(NN)ncnc1Sc1cccc(Cl)c1. The Morgan fingerprint density at radius 3 is 2.89 bits per heavy atom. The lowest BCUT2D eigenvalue weighted by atomic mass is 10.2. The molecule has 4 nitrogen and oxygen atoms in total. The van der Waals surface area contributed by atoms with Crippen LogP contribution in [0, 0.1) is 0 Å². The molecule has 2 rings (SSSR count). The van der Waals surface area contributed by atoms with Gasteiger partial charge in [-0.3, -0.25) is 0 Å².